The zero-order valence-corrected chi connectivity index (χ0v) is 25.6. The second-order valence-corrected chi connectivity index (χ2v) is 13.6. The first-order chi connectivity index (χ1) is 20.2. The van der Waals surface area contributed by atoms with Crippen molar-refractivity contribution in [1.29, 1.82) is 0 Å². The van der Waals surface area contributed by atoms with Gasteiger partial charge in [-0.15, -0.1) is 0 Å². The lowest BCUT2D eigenvalue weighted by Crippen LogP contribution is -2.16. The molecule has 0 amide bonds. The third kappa shape index (κ3) is 6.13. The number of aromatic nitrogens is 2. The molecular weight excluding hydrogens is 560 g/mol. The van der Waals surface area contributed by atoms with Crippen molar-refractivity contribution in [2.75, 3.05) is 0 Å². The molecule has 0 bridgehead atoms. The largest absolute Gasteiger partial charge is 0.487 e. The Hall–Kier alpha value is -3.93. The van der Waals surface area contributed by atoms with Crippen LogP contribution in [0.3, 0.4) is 0 Å². The highest BCUT2D eigenvalue weighted by Crippen LogP contribution is 2.38. The maximum atomic E-state index is 14.3. The molecule has 1 atom stereocenters. The SMILES string of the molecule is CC(C)(C)Cc1c(S(=O)c2ccccc2)c2cc(OCc3ccc4ccccc4n3)ccc2n1Cc1ccc(Cl)cc1. The molecular formula is C36H33ClN2O2S. The van der Waals surface area contributed by atoms with Gasteiger partial charge in [0.25, 0.3) is 0 Å². The number of nitrogens with zero attached hydrogens (tertiary/aromatic N) is 2. The number of hydrogen-bond donors (Lipinski definition) is 0. The summed E-state index contributed by atoms with van der Waals surface area (Å²) in [4.78, 5) is 6.39. The van der Waals surface area contributed by atoms with Crippen LogP contribution < -0.4 is 4.74 Å². The van der Waals surface area contributed by atoms with E-state index in [9.17, 15) is 4.21 Å². The molecule has 0 spiro atoms. The van der Waals surface area contributed by atoms with Crippen molar-refractivity contribution in [2.45, 2.75) is 50.1 Å². The Labute approximate surface area is 254 Å². The zero-order chi connectivity index (χ0) is 29.3. The average molecular weight is 593 g/mol. The maximum Gasteiger partial charge on any atom is 0.130 e. The molecule has 4 aromatic carbocycles. The summed E-state index contributed by atoms with van der Waals surface area (Å²) in [6, 6.07) is 35.9. The number of ether oxygens (including phenoxy) is 1. The van der Waals surface area contributed by atoms with E-state index in [1.807, 2.05) is 78.9 Å². The van der Waals surface area contributed by atoms with E-state index < -0.39 is 10.8 Å². The van der Waals surface area contributed by atoms with Crippen LogP contribution >= 0.6 is 11.6 Å². The number of pyridine rings is 1. The monoisotopic (exact) mass is 592 g/mol. The van der Waals surface area contributed by atoms with E-state index in [1.165, 1.54) is 0 Å². The summed E-state index contributed by atoms with van der Waals surface area (Å²) in [6.07, 6.45) is 0.764. The molecule has 2 heterocycles. The summed E-state index contributed by atoms with van der Waals surface area (Å²) in [5, 5.41) is 2.75. The first kappa shape index (κ1) is 28.2. The number of rotatable bonds is 8. The van der Waals surface area contributed by atoms with E-state index in [0.717, 1.165) is 60.7 Å². The predicted octanol–water partition coefficient (Wildman–Crippen LogP) is 9.23. The van der Waals surface area contributed by atoms with Crippen LogP contribution in [0.5, 0.6) is 5.75 Å². The average Bonchev–Trinajstić information content (AvgIpc) is 3.27. The van der Waals surface area contributed by atoms with Crippen molar-refractivity contribution in [1.82, 2.24) is 9.55 Å². The van der Waals surface area contributed by atoms with Crippen molar-refractivity contribution >= 4 is 44.2 Å². The highest BCUT2D eigenvalue weighted by molar-refractivity contribution is 7.85. The molecule has 0 aliphatic carbocycles. The van der Waals surface area contributed by atoms with Crippen LogP contribution in [0.25, 0.3) is 21.8 Å². The first-order valence-electron chi connectivity index (χ1n) is 14.1. The molecule has 0 fully saturated rings. The Morgan fingerprint density at radius 2 is 1.60 bits per heavy atom. The topological polar surface area (TPSA) is 44.1 Å². The van der Waals surface area contributed by atoms with Gasteiger partial charge in [-0.3, -0.25) is 0 Å². The van der Waals surface area contributed by atoms with Crippen LogP contribution in [0, 0.1) is 5.41 Å². The van der Waals surface area contributed by atoms with Gasteiger partial charge in [-0.25, -0.2) is 9.19 Å². The van der Waals surface area contributed by atoms with E-state index in [2.05, 4.69) is 55.7 Å². The van der Waals surface area contributed by atoms with Gasteiger partial charge in [-0.05, 0) is 72.0 Å². The van der Waals surface area contributed by atoms with E-state index in [4.69, 9.17) is 21.3 Å². The summed E-state index contributed by atoms with van der Waals surface area (Å²) in [5.41, 5.74) is 5.01. The molecule has 0 saturated heterocycles. The van der Waals surface area contributed by atoms with Gasteiger partial charge >= 0.3 is 0 Å². The Balaban J connectivity index is 1.46. The molecule has 6 rings (SSSR count). The summed E-state index contributed by atoms with van der Waals surface area (Å²) in [6.45, 7) is 7.65. The Morgan fingerprint density at radius 3 is 2.36 bits per heavy atom. The van der Waals surface area contributed by atoms with Crippen molar-refractivity contribution < 1.29 is 8.95 Å². The summed E-state index contributed by atoms with van der Waals surface area (Å²) in [7, 11) is -1.38. The Bertz CT molecular complexity index is 1890. The van der Waals surface area contributed by atoms with Gasteiger partial charge < -0.3 is 9.30 Å². The van der Waals surface area contributed by atoms with Crippen LogP contribution in [0.15, 0.2) is 119 Å². The molecule has 2 aromatic heterocycles. The summed E-state index contributed by atoms with van der Waals surface area (Å²) in [5.74, 6) is 0.717. The van der Waals surface area contributed by atoms with Gasteiger partial charge in [0.1, 0.15) is 12.4 Å². The zero-order valence-electron chi connectivity index (χ0n) is 24.0. The van der Waals surface area contributed by atoms with Gasteiger partial charge in [0.05, 0.1) is 32.4 Å². The van der Waals surface area contributed by atoms with E-state index in [-0.39, 0.29) is 5.41 Å². The van der Waals surface area contributed by atoms with Gasteiger partial charge in [0.2, 0.25) is 0 Å². The van der Waals surface area contributed by atoms with E-state index >= 15 is 0 Å². The third-order valence-electron chi connectivity index (χ3n) is 7.23. The Morgan fingerprint density at radius 1 is 0.857 bits per heavy atom. The number of hydrogen-bond acceptors (Lipinski definition) is 3. The fourth-order valence-corrected chi connectivity index (χ4v) is 6.82. The van der Waals surface area contributed by atoms with Gasteiger partial charge in [0, 0.05) is 32.9 Å². The molecule has 212 valence electrons. The highest BCUT2D eigenvalue weighted by Gasteiger charge is 2.27. The minimum atomic E-state index is -1.38. The number of para-hydroxylation sites is 1. The van der Waals surface area contributed by atoms with Gasteiger partial charge in [0.15, 0.2) is 0 Å². The minimum absolute atomic E-state index is 0.0250. The lowest BCUT2D eigenvalue weighted by Gasteiger charge is -2.21. The van der Waals surface area contributed by atoms with Crippen molar-refractivity contribution in [3.8, 4) is 5.75 Å². The molecule has 0 aliphatic heterocycles. The lowest BCUT2D eigenvalue weighted by molar-refractivity contribution is 0.302. The highest BCUT2D eigenvalue weighted by atomic mass is 35.5. The van der Waals surface area contributed by atoms with E-state index in [1.54, 1.807) is 0 Å². The van der Waals surface area contributed by atoms with Crippen molar-refractivity contribution in [3.63, 3.8) is 0 Å². The fourth-order valence-electron chi connectivity index (χ4n) is 5.29. The molecule has 0 aliphatic rings. The Kier molecular flexibility index (Phi) is 7.89. The molecule has 4 nitrogen and oxygen atoms in total. The van der Waals surface area contributed by atoms with Crippen LogP contribution in [-0.4, -0.2) is 13.8 Å². The number of benzene rings is 4. The minimum Gasteiger partial charge on any atom is -0.487 e. The van der Waals surface area contributed by atoms with Gasteiger partial charge in [-0.2, -0.15) is 0 Å². The molecule has 0 saturated carbocycles. The fraction of sp³-hybridized carbons (Fsp3) is 0.194. The smallest absolute Gasteiger partial charge is 0.130 e. The standard InChI is InChI=1S/C36H33ClN2O2S/c1-36(2,3)22-34-35(42(40)30-10-5-4-6-11-30)31-21-29(41-24-28-18-15-26-9-7-8-12-32(26)38-28)19-20-33(31)39(34)23-25-13-16-27(37)17-14-25/h4-21H,22-24H2,1-3H3. The van der Waals surface area contributed by atoms with Gasteiger partial charge in [-0.1, -0.05) is 87.0 Å². The summed E-state index contributed by atoms with van der Waals surface area (Å²) < 4.78 is 22.9. The molecule has 0 N–H and O–H groups in total. The second kappa shape index (κ2) is 11.7. The van der Waals surface area contributed by atoms with Crippen molar-refractivity contribution in [3.05, 3.63) is 131 Å². The molecule has 42 heavy (non-hydrogen) atoms. The first-order valence-corrected chi connectivity index (χ1v) is 15.6. The van der Waals surface area contributed by atoms with E-state index in [0.29, 0.717) is 18.2 Å². The normalized spacial score (nSPS) is 12.6. The maximum absolute atomic E-state index is 14.3. The number of halogens is 1. The summed E-state index contributed by atoms with van der Waals surface area (Å²) >= 11 is 6.20. The van der Waals surface area contributed by atoms with Crippen LogP contribution in [0.4, 0.5) is 0 Å². The van der Waals surface area contributed by atoms with Crippen LogP contribution in [-0.2, 0) is 30.4 Å². The molecule has 0 radical (unpaired) electrons. The van der Waals surface area contributed by atoms with Crippen molar-refractivity contribution in [2.24, 2.45) is 5.41 Å². The predicted molar refractivity (Wildman–Crippen MR) is 173 cm³/mol. The molecule has 6 heteroatoms. The third-order valence-corrected chi connectivity index (χ3v) is 9.01. The van der Waals surface area contributed by atoms with Crippen LogP contribution in [0.2, 0.25) is 5.02 Å². The second-order valence-electron chi connectivity index (χ2n) is 11.8. The van der Waals surface area contributed by atoms with Crippen LogP contribution in [0.1, 0.15) is 37.7 Å². The number of fused-ring (bicyclic) bond motifs is 2. The molecule has 1 unspecified atom stereocenters. The molecule has 6 aromatic rings. The quantitative estimate of drug-likeness (QED) is 0.177. The lowest BCUT2D eigenvalue weighted by atomic mass is 9.90.